The summed E-state index contributed by atoms with van der Waals surface area (Å²) in [6, 6.07) is -0.298. The van der Waals surface area contributed by atoms with Crippen molar-refractivity contribution in [3.63, 3.8) is 0 Å². The Morgan fingerprint density at radius 3 is 3.00 bits per heavy atom. The topological polar surface area (TPSA) is 92.4 Å². The van der Waals surface area contributed by atoms with Crippen LogP contribution in [0.1, 0.15) is 29.9 Å². The lowest BCUT2D eigenvalue weighted by Gasteiger charge is -2.13. The van der Waals surface area contributed by atoms with Gasteiger partial charge in [0.25, 0.3) is 11.7 Å². The second-order valence-corrected chi connectivity index (χ2v) is 4.00. The van der Waals surface area contributed by atoms with Crippen LogP contribution >= 0.6 is 0 Å². The molecule has 1 unspecified atom stereocenters. The van der Waals surface area contributed by atoms with Crippen molar-refractivity contribution in [2.75, 3.05) is 6.61 Å². The van der Waals surface area contributed by atoms with E-state index in [0.29, 0.717) is 17.8 Å². The summed E-state index contributed by atoms with van der Waals surface area (Å²) in [5, 5.41) is 15.7. The minimum absolute atomic E-state index is 0.105. The molecule has 2 N–H and O–H groups in total. The molecule has 0 spiro atoms. The minimum atomic E-state index is -0.298. The number of hydrogen-bond acceptors (Lipinski definition) is 5. The van der Waals surface area contributed by atoms with Crippen LogP contribution in [0.2, 0.25) is 0 Å². The van der Waals surface area contributed by atoms with E-state index in [0.717, 1.165) is 5.69 Å². The predicted molar refractivity (Wildman–Crippen MR) is 64.2 cm³/mol. The molecule has 96 valence electrons. The van der Waals surface area contributed by atoms with Crippen molar-refractivity contribution in [3.8, 4) is 0 Å². The normalized spacial score (nSPS) is 12.6. The van der Waals surface area contributed by atoms with Gasteiger partial charge in [-0.1, -0.05) is 6.92 Å². The van der Waals surface area contributed by atoms with Gasteiger partial charge >= 0.3 is 0 Å². The van der Waals surface area contributed by atoms with Crippen LogP contribution in [0.4, 0.5) is 0 Å². The molecule has 0 saturated heterocycles. The number of rotatable bonds is 4. The zero-order chi connectivity index (χ0) is 13.1. The zero-order valence-electron chi connectivity index (χ0n) is 10.3. The van der Waals surface area contributed by atoms with Crippen molar-refractivity contribution in [1.82, 2.24) is 24.9 Å². The third-order valence-electron chi connectivity index (χ3n) is 2.64. The average molecular weight is 249 g/mol. The molecule has 0 saturated carbocycles. The fourth-order valence-corrected chi connectivity index (χ4v) is 1.70. The highest BCUT2D eigenvalue weighted by atomic mass is 16.3. The molecule has 0 bridgehead atoms. The molecule has 0 aliphatic rings. The van der Waals surface area contributed by atoms with Gasteiger partial charge in [-0.3, -0.25) is 4.79 Å². The van der Waals surface area contributed by atoms with E-state index in [-0.39, 0.29) is 18.6 Å². The molecule has 0 aliphatic carbocycles. The molecule has 1 amide bonds. The quantitative estimate of drug-likeness (QED) is 0.782. The molecule has 2 aromatic heterocycles. The maximum Gasteiger partial charge on any atom is 0.254 e. The number of aromatic nitrogens is 4. The van der Waals surface area contributed by atoms with Crippen LogP contribution < -0.4 is 5.32 Å². The molecular weight excluding hydrogens is 234 g/mol. The first-order valence-corrected chi connectivity index (χ1v) is 5.76. The number of carbonyl (C=O) groups is 1. The highest BCUT2D eigenvalue weighted by Crippen LogP contribution is 2.09. The van der Waals surface area contributed by atoms with E-state index in [1.807, 2.05) is 6.92 Å². The van der Waals surface area contributed by atoms with E-state index in [1.54, 1.807) is 11.4 Å². The lowest BCUT2D eigenvalue weighted by atomic mass is 10.1. The third kappa shape index (κ3) is 2.17. The highest BCUT2D eigenvalue weighted by molar-refractivity contribution is 5.95. The van der Waals surface area contributed by atoms with E-state index >= 15 is 0 Å². The first-order valence-electron chi connectivity index (χ1n) is 5.76. The molecule has 2 heterocycles. The first kappa shape index (κ1) is 12.4. The van der Waals surface area contributed by atoms with Crippen molar-refractivity contribution in [3.05, 3.63) is 23.8 Å². The standard InChI is InChI=1S/C11H15N5O2/c1-3-9-8(10(18)15-7(2)5-17)4-12-11-13-6-14-16(9)11/h4,6-7,17H,3,5H2,1-2H3,(H,15,18). The molecular formula is C11H15N5O2. The summed E-state index contributed by atoms with van der Waals surface area (Å²) in [6.07, 6.45) is 3.53. The van der Waals surface area contributed by atoms with Crippen LogP contribution in [-0.2, 0) is 6.42 Å². The number of aryl methyl sites for hydroxylation is 1. The van der Waals surface area contributed by atoms with Gasteiger partial charge in [-0.25, -0.2) is 9.50 Å². The maximum atomic E-state index is 12.0. The van der Waals surface area contributed by atoms with Gasteiger partial charge in [0.05, 0.1) is 17.9 Å². The molecule has 1 atom stereocenters. The number of nitrogens with one attached hydrogen (secondary N) is 1. The minimum Gasteiger partial charge on any atom is -0.394 e. The van der Waals surface area contributed by atoms with Crippen molar-refractivity contribution in [1.29, 1.82) is 0 Å². The van der Waals surface area contributed by atoms with Crippen LogP contribution in [0.25, 0.3) is 5.78 Å². The molecule has 0 aliphatic heterocycles. The Morgan fingerprint density at radius 1 is 1.56 bits per heavy atom. The van der Waals surface area contributed by atoms with Crippen LogP contribution in [-0.4, -0.2) is 43.2 Å². The fourth-order valence-electron chi connectivity index (χ4n) is 1.70. The van der Waals surface area contributed by atoms with Crippen molar-refractivity contribution < 1.29 is 9.90 Å². The summed E-state index contributed by atoms with van der Waals surface area (Å²) in [5.41, 5.74) is 1.20. The number of aliphatic hydroxyl groups excluding tert-OH is 1. The van der Waals surface area contributed by atoms with Gasteiger partial charge < -0.3 is 10.4 Å². The number of amides is 1. The summed E-state index contributed by atoms with van der Waals surface area (Å²) in [6.45, 7) is 3.56. The smallest absolute Gasteiger partial charge is 0.254 e. The lowest BCUT2D eigenvalue weighted by molar-refractivity contribution is 0.0920. The SMILES string of the molecule is CCc1c(C(=O)NC(C)CO)cnc2ncnn12. The molecule has 0 radical (unpaired) electrons. The molecule has 0 aromatic carbocycles. The summed E-state index contributed by atoms with van der Waals surface area (Å²) in [5.74, 6) is 0.205. The fraction of sp³-hybridized carbons (Fsp3) is 0.455. The highest BCUT2D eigenvalue weighted by Gasteiger charge is 2.16. The van der Waals surface area contributed by atoms with Crippen LogP contribution in [0.5, 0.6) is 0 Å². The summed E-state index contributed by atoms with van der Waals surface area (Å²) >= 11 is 0. The average Bonchev–Trinajstić information content (AvgIpc) is 2.85. The zero-order valence-corrected chi connectivity index (χ0v) is 10.3. The van der Waals surface area contributed by atoms with Gasteiger partial charge in [0.2, 0.25) is 0 Å². The van der Waals surface area contributed by atoms with E-state index in [1.165, 1.54) is 12.5 Å². The van der Waals surface area contributed by atoms with E-state index in [9.17, 15) is 4.79 Å². The summed E-state index contributed by atoms with van der Waals surface area (Å²) in [7, 11) is 0. The lowest BCUT2D eigenvalue weighted by Crippen LogP contribution is -2.36. The monoisotopic (exact) mass is 249 g/mol. The Bertz CT molecular complexity index is 566. The van der Waals surface area contributed by atoms with Gasteiger partial charge in [0.1, 0.15) is 6.33 Å². The Morgan fingerprint density at radius 2 is 2.33 bits per heavy atom. The van der Waals surface area contributed by atoms with E-state index in [4.69, 9.17) is 5.11 Å². The van der Waals surface area contributed by atoms with E-state index < -0.39 is 0 Å². The summed E-state index contributed by atoms with van der Waals surface area (Å²) in [4.78, 5) is 20.1. The third-order valence-corrected chi connectivity index (χ3v) is 2.64. The largest absolute Gasteiger partial charge is 0.394 e. The molecule has 18 heavy (non-hydrogen) atoms. The molecule has 7 nitrogen and oxygen atoms in total. The number of fused-ring (bicyclic) bond motifs is 1. The first-order chi connectivity index (χ1) is 8.67. The number of aliphatic hydroxyl groups is 1. The molecule has 2 aromatic rings. The summed E-state index contributed by atoms with van der Waals surface area (Å²) < 4.78 is 1.55. The van der Waals surface area contributed by atoms with Gasteiger partial charge in [-0.05, 0) is 13.3 Å². The van der Waals surface area contributed by atoms with Gasteiger partial charge in [0.15, 0.2) is 0 Å². The van der Waals surface area contributed by atoms with Crippen molar-refractivity contribution in [2.24, 2.45) is 0 Å². The predicted octanol–water partition coefficient (Wildman–Crippen LogP) is -0.203. The Labute approximate surface area is 104 Å². The van der Waals surface area contributed by atoms with Crippen LogP contribution in [0.15, 0.2) is 12.5 Å². The second kappa shape index (κ2) is 5.09. The van der Waals surface area contributed by atoms with Crippen molar-refractivity contribution >= 4 is 11.7 Å². The van der Waals surface area contributed by atoms with Gasteiger partial charge in [0, 0.05) is 12.2 Å². The van der Waals surface area contributed by atoms with E-state index in [2.05, 4.69) is 20.4 Å². The maximum absolute atomic E-state index is 12.0. The van der Waals surface area contributed by atoms with Gasteiger partial charge in [-0.15, -0.1) is 0 Å². The second-order valence-electron chi connectivity index (χ2n) is 4.00. The molecule has 0 fully saturated rings. The van der Waals surface area contributed by atoms with Crippen LogP contribution in [0, 0.1) is 0 Å². The molecule has 7 heteroatoms. The molecule has 2 rings (SSSR count). The number of carbonyl (C=O) groups excluding carboxylic acids is 1. The van der Waals surface area contributed by atoms with Gasteiger partial charge in [-0.2, -0.15) is 10.1 Å². The Balaban J connectivity index is 2.40. The van der Waals surface area contributed by atoms with Crippen LogP contribution in [0.3, 0.4) is 0 Å². The van der Waals surface area contributed by atoms with Crippen molar-refractivity contribution in [2.45, 2.75) is 26.3 Å². The number of hydrogen-bond donors (Lipinski definition) is 2. The Kier molecular flexibility index (Phi) is 3.52. The number of nitrogens with zero attached hydrogens (tertiary/aromatic N) is 4. The Hall–Kier alpha value is -2.02.